The Labute approximate surface area is 260 Å². The molecule has 1 atom stereocenters. The monoisotopic (exact) mass is 613 g/mol. The number of hydrogen-bond acceptors (Lipinski definition) is 5. The molecular weight excluding hydrogens is 582 g/mol. The molecule has 1 unspecified atom stereocenters. The molecule has 0 aliphatic carbocycles. The third-order valence-corrected chi connectivity index (χ3v) is 7.59. The van der Waals surface area contributed by atoms with E-state index in [4.69, 9.17) is 16.3 Å². The molecule has 0 aliphatic rings. The van der Waals surface area contributed by atoms with E-state index in [-0.39, 0.29) is 11.6 Å². The SMILES string of the molecule is CCOc1ccc(/C=C(/NC(=O)c2ccccc2)C(=O)Nc2cccc(SC(C)C(=O)Nc3cc(Cl)ccc3C)c2)cc1. The molecule has 220 valence electrons. The van der Waals surface area contributed by atoms with Crippen molar-refractivity contribution in [1.29, 1.82) is 0 Å². The molecule has 3 N–H and O–H groups in total. The summed E-state index contributed by atoms with van der Waals surface area (Å²) in [4.78, 5) is 40.1. The maximum absolute atomic E-state index is 13.5. The number of ether oxygens (including phenoxy) is 1. The molecular formula is C34H32ClN3O4S. The Bertz CT molecular complexity index is 1620. The Morgan fingerprint density at radius 3 is 2.37 bits per heavy atom. The van der Waals surface area contributed by atoms with Gasteiger partial charge in [0, 0.05) is 26.9 Å². The summed E-state index contributed by atoms with van der Waals surface area (Å²) in [5.74, 6) is -0.373. The summed E-state index contributed by atoms with van der Waals surface area (Å²) >= 11 is 7.44. The van der Waals surface area contributed by atoms with E-state index in [1.807, 2.05) is 51.1 Å². The molecule has 3 amide bonds. The molecule has 4 aromatic carbocycles. The molecule has 0 heterocycles. The summed E-state index contributed by atoms with van der Waals surface area (Å²) in [6, 6.07) is 28.4. The lowest BCUT2D eigenvalue weighted by Gasteiger charge is -2.15. The first kappa shape index (κ1) is 31.4. The number of amides is 3. The number of hydrogen-bond donors (Lipinski definition) is 3. The van der Waals surface area contributed by atoms with Crippen molar-refractivity contribution < 1.29 is 19.1 Å². The van der Waals surface area contributed by atoms with Crippen LogP contribution in [0.3, 0.4) is 0 Å². The van der Waals surface area contributed by atoms with Gasteiger partial charge >= 0.3 is 0 Å². The number of halogens is 1. The van der Waals surface area contributed by atoms with Crippen LogP contribution in [0.25, 0.3) is 6.08 Å². The van der Waals surface area contributed by atoms with E-state index in [1.165, 1.54) is 11.8 Å². The van der Waals surface area contributed by atoms with Gasteiger partial charge in [-0.05, 0) is 92.6 Å². The average molecular weight is 614 g/mol. The van der Waals surface area contributed by atoms with E-state index in [2.05, 4.69) is 16.0 Å². The van der Waals surface area contributed by atoms with Crippen LogP contribution in [0.4, 0.5) is 11.4 Å². The lowest BCUT2D eigenvalue weighted by Crippen LogP contribution is -2.30. The predicted molar refractivity (Wildman–Crippen MR) is 175 cm³/mol. The zero-order valence-corrected chi connectivity index (χ0v) is 25.6. The second-order valence-electron chi connectivity index (χ2n) is 9.57. The zero-order chi connectivity index (χ0) is 30.8. The van der Waals surface area contributed by atoms with Crippen LogP contribution in [-0.2, 0) is 9.59 Å². The van der Waals surface area contributed by atoms with Gasteiger partial charge in [-0.1, -0.05) is 54.1 Å². The van der Waals surface area contributed by atoms with Crippen molar-refractivity contribution in [3.8, 4) is 5.75 Å². The molecule has 9 heteroatoms. The van der Waals surface area contributed by atoms with Crippen molar-refractivity contribution in [2.75, 3.05) is 17.2 Å². The van der Waals surface area contributed by atoms with Crippen molar-refractivity contribution in [1.82, 2.24) is 5.32 Å². The smallest absolute Gasteiger partial charge is 0.272 e. The Morgan fingerprint density at radius 1 is 0.907 bits per heavy atom. The van der Waals surface area contributed by atoms with Crippen LogP contribution in [0.15, 0.2) is 108 Å². The molecule has 0 bridgehead atoms. The van der Waals surface area contributed by atoms with Crippen molar-refractivity contribution in [3.63, 3.8) is 0 Å². The van der Waals surface area contributed by atoms with Crippen LogP contribution < -0.4 is 20.7 Å². The minimum Gasteiger partial charge on any atom is -0.494 e. The second kappa shape index (κ2) is 15.1. The first-order valence-corrected chi connectivity index (χ1v) is 14.9. The summed E-state index contributed by atoms with van der Waals surface area (Å²) in [6.45, 7) is 6.15. The lowest BCUT2D eigenvalue weighted by atomic mass is 10.1. The van der Waals surface area contributed by atoms with Gasteiger partial charge in [-0.2, -0.15) is 0 Å². The second-order valence-corrected chi connectivity index (χ2v) is 11.4. The quantitative estimate of drug-likeness (QED) is 0.120. The third kappa shape index (κ3) is 9.23. The minimum atomic E-state index is -0.498. The molecule has 4 rings (SSSR count). The van der Waals surface area contributed by atoms with Gasteiger partial charge in [-0.25, -0.2) is 0 Å². The van der Waals surface area contributed by atoms with Gasteiger partial charge in [0.05, 0.1) is 11.9 Å². The summed E-state index contributed by atoms with van der Waals surface area (Å²) in [5, 5.41) is 8.66. The molecule has 0 radical (unpaired) electrons. The zero-order valence-electron chi connectivity index (χ0n) is 24.0. The van der Waals surface area contributed by atoms with Crippen LogP contribution >= 0.6 is 23.4 Å². The van der Waals surface area contributed by atoms with Gasteiger partial charge in [0.2, 0.25) is 5.91 Å². The van der Waals surface area contributed by atoms with Gasteiger partial charge < -0.3 is 20.7 Å². The van der Waals surface area contributed by atoms with Gasteiger partial charge in [-0.15, -0.1) is 11.8 Å². The molecule has 43 heavy (non-hydrogen) atoms. The average Bonchev–Trinajstić information content (AvgIpc) is 3.00. The topological polar surface area (TPSA) is 96.5 Å². The summed E-state index contributed by atoms with van der Waals surface area (Å²) in [7, 11) is 0. The van der Waals surface area contributed by atoms with Crippen molar-refractivity contribution >= 4 is 58.5 Å². The Kier molecular flexibility index (Phi) is 11.0. The number of rotatable bonds is 11. The first-order chi connectivity index (χ1) is 20.7. The van der Waals surface area contributed by atoms with E-state index < -0.39 is 17.1 Å². The molecule has 4 aromatic rings. The van der Waals surface area contributed by atoms with E-state index >= 15 is 0 Å². The highest BCUT2D eigenvalue weighted by molar-refractivity contribution is 8.00. The maximum Gasteiger partial charge on any atom is 0.272 e. The van der Waals surface area contributed by atoms with E-state index in [0.29, 0.717) is 39.9 Å². The highest BCUT2D eigenvalue weighted by Gasteiger charge is 2.18. The highest BCUT2D eigenvalue weighted by Crippen LogP contribution is 2.28. The largest absolute Gasteiger partial charge is 0.494 e. The number of nitrogens with one attached hydrogen (secondary N) is 3. The van der Waals surface area contributed by atoms with Crippen LogP contribution in [0.5, 0.6) is 5.75 Å². The summed E-state index contributed by atoms with van der Waals surface area (Å²) < 4.78 is 5.51. The lowest BCUT2D eigenvalue weighted by molar-refractivity contribution is -0.115. The van der Waals surface area contributed by atoms with Crippen molar-refractivity contribution in [2.24, 2.45) is 0 Å². The van der Waals surface area contributed by atoms with Crippen LogP contribution in [-0.4, -0.2) is 29.6 Å². The maximum atomic E-state index is 13.5. The molecule has 0 aromatic heterocycles. The van der Waals surface area contributed by atoms with E-state index in [1.54, 1.807) is 72.8 Å². The number of benzene rings is 4. The minimum absolute atomic E-state index is 0.0701. The van der Waals surface area contributed by atoms with Gasteiger partial charge in [0.15, 0.2) is 0 Å². The highest BCUT2D eigenvalue weighted by atomic mass is 35.5. The van der Waals surface area contributed by atoms with Crippen LogP contribution in [0, 0.1) is 6.92 Å². The molecule has 0 spiro atoms. The molecule has 7 nitrogen and oxygen atoms in total. The summed E-state index contributed by atoms with van der Waals surface area (Å²) in [5.41, 5.74) is 3.29. The Morgan fingerprint density at radius 2 is 1.65 bits per heavy atom. The molecule has 0 fully saturated rings. The fourth-order valence-electron chi connectivity index (χ4n) is 4.00. The van der Waals surface area contributed by atoms with Crippen LogP contribution in [0.1, 0.15) is 35.3 Å². The van der Waals surface area contributed by atoms with Crippen LogP contribution in [0.2, 0.25) is 5.02 Å². The molecule has 0 saturated heterocycles. The van der Waals surface area contributed by atoms with Gasteiger partial charge in [0.1, 0.15) is 11.4 Å². The van der Waals surface area contributed by atoms with Gasteiger partial charge in [0.25, 0.3) is 11.8 Å². The number of carbonyl (C=O) groups is 3. The van der Waals surface area contributed by atoms with Crippen molar-refractivity contribution in [2.45, 2.75) is 30.9 Å². The Hall–Kier alpha value is -4.53. The number of thioether (sulfide) groups is 1. The fraction of sp³-hybridized carbons (Fsp3) is 0.147. The fourth-order valence-corrected chi connectivity index (χ4v) is 5.10. The van der Waals surface area contributed by atoms with E-state index in [0.717, 1.165) is 10.5 Å². The first-order valence-electron chi connectivity index (χ1n) is 13.7. The van der Waals surface area contributed by atoms with Gasteiger partial charge in [-0.3, -0.25) is 14.4 Å². The number of anilines is 2. The Balaban J connectivity index is 1.49. The third-order valence-electron chi connectivity index (χ3n) is 6.26. The van der Waals surface area contributed by atoms with E-state index in [9.17, 15) is 14.4 Å². The standard InChI is InChI=1S/C34H32ClN3O4S/c1-4-42-28-17-14-24(15-18-28)19-31(38-33(40)25-9-6-5-7-10-25)34(41)36-27-11-8-12-29(21-27)43-23(3)32(39)37-30-20-26(35)16-13-22(30)2/h5-21,23H,4H2,1-3H3,(H,36,41)(H,37,39)(H,38,40)/b31-19+. The van der Waals surface area contributed by atoms with Crippen molar-refractivity contribution in [3.05, 3.63) is 124 Å². The summed E-state index contributed by atoms with van der Waals surface area (Å²) in [6.07, 6.45) is 1.61. The number of carbonyl (C=O) groups excluding carboxylic acids is 3. The number of aryl methyl sites for hydroxylation is 1. The normalized spacial score (nSPS) is 11.8. The predicted octanol–water partition coefficient (Wildman–Crippen LogP) is 7.58. The molecule has 0 saturated carbocycles. The molecule has 0 aliphatic heterocycles.